The maximum absolute atomic E-state index is 8.75. The van der Waals surface area contributed by atoms with Crippen molar-refractivity contribution in [3.63, 3.8) is 0 Å². The summed E-state index contributed by atoms with van der Waals surface area (Å²) >= 11 is 0. The van der Waals surface area contributed by atoms with Gasteiger partial charge in [0.15, 0.2) is 0 Å². The van der Waals surface area contributed by atoms with E-state index in [1.54, 1.807) is 0 Å². The third-order valence-corrected chi connectivity index (χ3v) is 2.37. The molecule has 1 heterocycles. The van der Waals surface area contributed by atoms with Crippen LogP contribution in [0.5, 0.6) is 0 Å². The Morgan fingerprint density at radius 3 is 3.00 bits per heavy atom. The van der Waals surface area contributed by atoms with Crippen molar-refractivity contribution in [1.29, 1.82) is 5.26 Å². The Morgan fingerprint density at radius 2 is 2.33 bits per heavy atom. The molecule has 1 N–H and O–H groups in total. The minimum absolute atomic E-state index is 0.142. The highest BCUT2D eigenvalue weighted by molar-refractivity contribution is 4.95. The lowest BCUT2D eigenvalue weighted by Gasteiger charge is -2.17. The molecule has 0 bridgehead atoms. The third kappa shape index (κ3) is 2.47. The molecule has 1 unspecified atom stereocenters. The smallest absolute Gasteiger partial charge is 0.0978 e. The van der Waals surface area contributed by atoms with Gasteiger partial charge in [-0.3, -0.25) is 4.90 Å². The van der Waals surface area contributed by atoms with Crippen LogP contribution in [0.4, 0.5) is 0 Å². The molecule has 1 fully saturated rings. The van der Waals surface area contributed by atoms with Gasteiger partial charge in [-0.2, -0.15) is 5.26 Å². The number of rotatable bonds is 4. The van der Waals surface area contributed by atoms with Gasteiger partial charge in [-0.25, -0.2) is 0 Å². The van der Waals surface area contributed by atoms with Gasteiger partial charge in [0.1, 0.15) is 0 Å². The van der Waals surface area contributed by atoms with Gasteiger partial charge in [0.05, 0.1) is 12.1 Å². The second-order valence-electron chi connectivity index (χ2n) is 3.25. The van der Waals surface area contributed by atoms with E-state index >= 15 is 0 Å². The maximum Gasteiger partial charge on any atom is 0.0978 e. The van der Waals surface area contributed by atoms with Gasteiger partial charge >= 0.3 is 0 Å². The molecule has 12 heavy (non-hydrogen) atoms. The van der Waals surface area contributed by atoms with Crippen LogP contribution in [0.15, 0.2) is 0 Å². The van der Waals surface area contributed by atoms with Gasteiger partial charge in [-0.05, 0) is 38.8 Å². The first-order chi connectivity index (χ1) is 5.88. The second-order valence-corrected chi connectivity index (χ2v) is 3.25. The Balaban J connectivity index is 2.18. The number of likely N-dealkylation sites (tertiary alicyclic amines) is 1. The minimum atomic E-state index is 0.142. The molecule has 0 spiro atoms. The van der Waals surface area contributed by atoms with Crippen molar-refractivity contribution in [2.45, 2.75) is 31.7 Å². The van der Waals surface area contributed by atoms with Crippen molar-refractivity contribution in [2.75, 3.05) is 19.7 Å². The molecular formula is C9H16N2O. The summed E-state index contributed by atoms with van der Waals surface area (Å²) in [5.74, 6) is 0. The van der Waals surface area contributed by atoms with Crippen molar-refractivity contribution in [3.8, 4) is 6.07 Å². The van der Waals surface area contributed by atoms with E-state index in [0.717, 1.165) is 38.8 Å². The summed E-state index contributed by atoms with van der Waals surface area (Å²) in [6.45, 7) is 2.30. The zero-order valence-electron chi connectivity index (χ0n) is 7.37. The first-order valence-corrected chi connectivity index (χ1v) is 4.63. The summed E-state index contributed by atoms with van der Waals surface area (Å²) < 4.78 is 0. The first kappa shape index (κ1) is 9.50. The highest BCUT2D eigenvalue weighted by Gasteiger charge is 2.22. The van der Waals surface area contributed by atoms with Crippen molar-refractivity contribution in [2.24, 2.45) is 0 Å². The van der Waals surface area contributed by atoms with Crippen molar-refractivity contribution in [3.05, 3.63) is 0 Å². The summed E-state index contributed by atoms with van der Waals surface area (Å²) in [5, 5.41) is 17.3. The Morgan fingerprint density at radius 1 is 1.50 bits per heavy atom. The van der Waals surface area contributed by atoms with Crippen LogP contribution < -0.4 is 0 Å². The van der Waals surface area contributed by atoms with Crippen LogP contribution in [-0.4, -0.2) is 35.7 Å². The average molecular weight is 168 g/mol. The topological polar surface area (TPSA) is 47.3 Å². The number of nitriles is 1. The number of hydrogen-bond donors (Lipinski definition) is 1. The highest BCUT2D eigenvalue weighted by atomic mass is 16.2. The molecule has 0 saturated carbocycles. The van der Waals surface area contributed by atoms with E-state index in [2.05, 4.69) is 11.0 Å². The number of nitrogens with zero attached hydrogens (tertiary/aromatic N) is 2. The van der Waals surface area contributed by atoms with Gasteiger partial charge in [0.25, 0.3) is 0 Å². The number of hydrogen-bond acceptors (Lipinski definition) is 3. The van der Waals surface area contributed by atoms with Crippen molar-refractivity contribution < 1.29 is 5.11 Å². The van der Waals surface area contributed by atoms with Gasteiger partial charge in [-0.1, -0.05) is 0 Å². The molecule has 68 valence electrons. The van der Waals surface area contributed by atoms with Crippen LogP contribution in [0, 0.1) is 11.3 Å². The van der Waals surface area contributed by atoms with E-state index in [0.29, 0.717) is 0 Å². The second kappa shape index (κ2) is 5.13. The van der Waals surface area contributed by atoms with E-state index in [1.165, 1.54) is 0 Å². The molecule has 0 aromatic carbocycles. The van der Waals surface area contributed by atoms with Gasteiger partial charge in [-0.15, -0.1) is 0 Å². The van der Waals surface area contributed by atoms with E-state index in [-0.39, 0.29) is 12.6 Å². The van der Waals surface area contributed by atoms with Gasteiger partial charge in [0, 0.05) is 6.61 Å². The van der Waals surface area contributed by atoms with Gasteiger partial charge < -0.3 is 5.11 Å². The lowest BCUT2D eigenvalue weighted by Crippen LogP contribution is -2.29. The molecule has 0 aliphatic carbocycles. The lowest BCUT2D eigenvalue weighted by molar-refractivity contribution is 0.250. The molecule has 1 atom stereocenters. The van der Waals surface area contributed by atoms with Crippen LogP contribution in [0.2, 0.25) is 0 Å². The van der Waals surface area contributed by atoms with Gasteiger partial charge in [0.2, 0.25) is 0 Å². The Bertz CT molecular complexity index is 164. The van der Waals surface area contributed by atoms with Crippen LogP contribution in [0.25, 0.3) is 0 Å². The van der Waals surface area contributed by atoms with E-state index < -0.39 is 0 Å². The molecule has 1 aliphatic rings. The fourth-order valence-corrected chi connectivity index (χ4v) is 1.67. The zero-order valence-corrected chi connectivity index (χ0v) is 7.37. The predicted molar refractivity (Wildman–Crippen MR) is 46.5 cm³/mol. The summed E-state index contributed by atoms with van der Waals surface area (Å²) in [4.78, 5) is 2.22. The van der Waals surface area contributed by atoms with Crippen molar-refractivity contribution in [1.82, 2.24) is 4.90 Å². The third-order valence-electron chi connectivity index (χ3n) is 2.37. The lowest BCUT2D eigenvalue weighted by atomic mass is 10.2. The van der Waals surface area contributed by atoms with E-state index in [4.69, 9.17) is 10.4 Å². The Hall–Kier alpha value is -0.590. The van der Waals surface area contributed by atoms with Crippen LogP contribution in [0.3, 0.4) is 0 Å². The number of aliphatic hydroxyl groups is 1. The molecule has 0 amide bonds. The maximum atomic E-state index is 8.75. The number of aliphatic hydroxyl groups excluding tert-OH is 1. The summed E-state index contributed by atoms with van der Waals surface area (Å²) in [6, 6.07) is 2.45. The quantitative estimate of drug-likeness (QED) is 0.630. The minimum Gasteiger partial charge on any atom is -0.396 e. The fourth-order valence-electron chi connectivity index (χ4n) is 1.67. The highest BCUT2D eigenvalue weighted by Crippen LogP contribution is 2.16. The summed E-state index contributed by atoms with van der Waals surface area (Å²) in [5.41, 5.74) is 0. The normalized spacial score (nSPS) is 24.2. The van der Waals surface area contributed by atoms with E-state index in [1.807, 2.05) is 0 Å². The standard InChI is InChI=1S/C9H16N2O/c10-8-9-4-3-6-11(9)5-1-2-7-12/h9,12H,1-7H2. The zero-order chi connectivity index (χ0) is 8.81. The fraction of sp³-hybridized carbons (Fsp3) is 0.889. The van der Waals surface area contributed by atoms with E-state index in [9.17, 15) is 0 Å². The molecule has 3 nitrogen and oxygen atoms in total. The van der Waals surface area contributed by atoms with Crippen LogP contribution >= 0.6 is 0 Å². The molecule has 3 heteroatoms. The SMILES string of the molecule is N#CC1CCCN1CCCCO. The van der Waals surface area contributed by atoms with Crippen LogP contribution in [-0.2, 0) is 0 Å². The molecule has 0 radical (unpaired) electrons. The average Bonchev–Trinajstić information content (AvgIpc) is 2.52. The molecule has 0 aromatic heterocycles. The summed E-state index contributed by atoms with van der Waals surface area (Å²) in [7, 11) is 0. The molecular weight excluding hydrogens is 152 g/mol. The predicted octanol–water partition coefficient (Wildman–Crippen LogP) is 0.747. The molecule has 1 rings (SSSR count). The Kier molecular flexibility index (Phi) is 4.06. The molecule has 0 aromatic rings. The number of unbranched alkanes of at least 4 members (excludes halogenated alkanes) is 1. The Labute approximate surface area is 73.6 Å². The summed E-state index contributed by atoms with van der Waals surface area (Å²) in [6.07, 6.45) is 4.04. The first-order valence-electron chi connectivity index (χ1n) is 4.63. The monoisotopic (exact) mass is 168 g/mol. The molecule has 1 aliphatic heterocycles. The van der Waals surface area contributed by atoms with Crippen LogP contribution in [0.1, 0.15) is 25.7 Å². The van der Waals surface area contributed by atoms with Crippen molar-refractivity contribution >= 4 is 0 Å². The largest absolute Gasteiger partial charge is 0.396 e. The molecule has 1 saturated heterocycles.